The number of aromatic nitrogens is 1. The molecule has 0 spiro atoms. The predicted octanol–water partition coefficient (Wildman–Crippen LogP) is 4.23. The number of nitrogens with zero attached hydrogens (tertiary/aromatic N) is 1. The molecule has 0 radical (unpaired) electrons. The number of fused-ring (bicyclic) bond motifs is 1. The number of carboxylic acid groups (broad SMARTS) is 1. The second kappa shape index (κ2) is 5.97. The van der Waals surface area contributed by atoms with Crippen molar-refractivity contribution in [2.24, 2.45) is 0 Å². The fourth-order valence-corrected chi connectivity index (χ4v) is 3.13. The fourth-order valence-electron chi connectivity index (χ4n) is 2.15. The van der Waals surface area contributed by atoms with Crippen molar-refractivity contribution in [3.05, 3.63) is 71.9 Å². The average Bonchev–Trinajstić information content (AvgIpc) is 2.53. The van der Waals surface area contributed by atoms with E-state index in [-0.39, 0.29) is 0 Å². The lowest BCUT2D eigenvalue weighted by molar-refractivity contribution is 0.0693. The summed E-state index contributed by atoms with van der Waals surface area (Å²) in [5.41, 5.74) is 2.47. The summed E-state index contributed by atoms with van der Waals surface area (Å²) in [6.07, 6.45) is 1.78. The van der Waals surface area contributed by atoms with E-state index in [0.29, 0.717) is 5.56 Å². The molecule has 1 heterocycles. The van der Waals surface area contributed by atoms with Gasteiger partial charge < -0.3 is 5.11 Å². The summed E-state index contributed by atoms with van der Waals surface area (Å²) in [6, 6.07) is 17.2. The molecule has 0 amide bonds. The summed E-state index contributed by atoms with van der Waals surface area (Å²) in [7, 11) is 0. The first-order valence-corrected chi connectivity index (χ1v) is 7.51. The topological polar surface area (TPSA) is 50.2 Å². The van der Waals surface area contributed by atoms with E-state index in [1.54, 1.807) is 18.3 Å². The van der Waals surface area contributed by atoms with Crippen molar-refractivity contribution in [3.8, 4) is 0 Å². The number of carboxylic acids is 1. The van der Waals surface area contributed by atoms with E-state index in [9.17, 15) is 9.90 Å². The van der Waals surface area contributed by atoms with Crippen molar-refractivity contribution in [3.63, 3.8) is 0 Å². The zero-order valence-electron chi connectivity index (χ0n) is 11.2. The van der Waals surface area contributed by atoms with Crippen LogP contribution in [0.4, 0.5) is 0 Å². The molecule has 0 saturated heterocycles. The highest BCUT2D eigenvalue weighted by Crippen LogP contribution is 2.27. The van der Waals surface area contributed by atoms with Crippen LogP contribution >= 0.6 is 11.8 Å². The molecule has 2 aromatic carbocycles. The molecule has 0 unspecified atom stereocenters. The molecular formula is C17H13NO2S. The minimum atomic E-state index is -0.888. The van der Waals surface area contributed by atoms with Crippen molar-refractivity contribution >= 4 is 28.6 Å². The number of rotatable bonds is 4. The lowest BCUT2D eigenvalue weighted by Gasteiger charge is -2.06. The second-order valence-corrected chi connectivity index (χ2v) is 5.64. The van der Waals surface area contributed by atoms with E-state index in [2.05, 4.69) is 11.1 Å². The third kappa shape index (κ3) is 3.06. The quantitative estimate of drug-likeness (QED) is 0.732. The zero-order chi connectivity index (χ0) is 14.7. The van der Waals surface area contributed by atoms with Crippen LogP contribution in [0.25, 0.3) is 10.9 Å². The first-order chi connectivity index (χ1) is 10.2. The number of thioether (sulfide) groups is 1. The first-order valence-electron chi connectivity index (χ1n) is 6.53. The van der Waals surface area contributed by atoms with Gasteiger partial charge in [0.1, 0.15) is 0 Å². The smallest absolute Gasteiger partial charge is 0.336 e. The summed E-state index contributed by atoms with van der Waals surface area (Å²) in [6.45, 7) is 0. The molecule has 3 aromatic rings. The molecule has 0 atom stereocenters. The Balaban J connectivity index is 1.82. The molecule has 21 heavy (non-hydrogen) atoms. The van der Waals surface area contributed by atoms with Crippen LogP contribution in [0.2, 0.25) is 0 Å². The Bertz CT molecular complexity index is 801. The molecule has 1 aromatic heterocycles. The van der Waals surface area contributed by atoms with Gasteiger partial charge in [-0.05, 0) is 35.9 Å². The minimum absolute atomic E-state index is 0.352. The van der Waals surface area contributed by atoms with Gasteiger partial charge in [-0.2, -0.15) is 0 Å². The van der Waals surface area contributed by atoms with Gasteiger partial charge in [0.15, 0.2) is 0 Å². The Morgan fingerprint density at radius 2 is 1.95 bits per heavy atom. The van der Waals surface area contributed by atoms with Crippen molar-refractivity contribution in [2.45, 2.75) is 10.6 Å². The van der Waals surface area contributed by atoms with Crippen LogP contribution in [-0.4, -0.2) is 16.1 Å². The van der Waals surface area contributed by atoms with Crippen LogP contribution in [0.15, 0.2) is 65.7 Å². The van der Waals surface area contributed by atoms with Gasteiger partial charge in [-0.25, -0.2) is 4.79 Å². The molecule has 3 nitrogen and oxygen atoms in total. The van der Waals surface area contributed by atoms with Crippen LogP contribution in [-0.2, 0) is 5.75 Å². The Hall–Kier alpha value is -2.33. The van der Waals surface area contributed by atoms with Gasteiger partial charge in [0.2, 0.25) is 0 Å². The molecule has 1 N–H and O–H groups in total. The van der Waals surface area contributed by atoms with Crippen LogP contribution < -0.4 is 0 Å². The van der Waals surface area contributed by atoms with E-state index in [0.717, 1.165) is 27.1 Å². The Labute approximate surface area is 126 Å². The lowest BCUT2D eigenvalue weighted by atomic mass is 10.1. The van der Waals surface area contributed by atoms with Crippen LogP contribution in [0.1, 0.15) is 15.9 Å². The van der Waals surface area contributed by atoms with Crippen LogP contribution in [0, 0.1) is 0 Å². The van der Waals surface area contributed by atoms with E-state index in [1.165, 1.54) is 11.8 Å². The highest BCUT2D eigenvalue weighted by atomic mass is 32.2. The lowest BCUT2D eigenvalue weighted by Crippen LogP contribution is -1.98. The SMILES string of the molecule is O=C(O)c1ccccc1SCc1ccc2ncccc2c1. The molecule has 0 fully saturated rings. The number of pyridine rings is 1. The number of hydrogen-bond donors (Lipinski definition) is 1. The largest absolute Gasteiger partial charge is 0.478 e. The molecular weight excluding hydrogens is 282 g/mol. The zero-order valence-corrected chi connectivity index (χ0v) is 12.0. The van der Waals surface area contributed by atoms with E-state index in [4.69, 9.17) is 0 Å². The van der Waals surface area contributed by atoms with E-state index < -0.39 is 5.97 Å². The second-order valence-electron chi connectivity index (χ2n) is 4.62. The molecule has 0 aliphatic heterocycles. The average molecular weight is 295 g/mol. The Kier molecular flexibility index (Phi) is 3.88. The molecule has 0 bridgehead atoms. The molecule has 0 aliphatic carbocycles. The third-order valence-corrected chi connectivity index (χ3v) is 4.32. The maximum atomic E-state index is 11.2. The molecule has 104 valence electrons. The first kappa shape index (κ1) is 13.6. The summed E-state index contributed by atoms with van der Waals surface area (Å²) in [5.74, 6) is -0.157. The molecule has 0 saturated carbocycles. The standard InChI is InChI=1S/C17H13NO2S/c19-17(20)14-5-1-2-6-16(14)21-11-12-7-8-15-13(10-12)4-3-9-18-15/h1-10H,11H2,(H,19,20). The third-order valence-electron chi connectivity index (χ3n) is 3.18. The van der Waals surface area contributed by atoms with Gasteiger partial charge in [-0.3, -0.25) is 4.98 Å². The van der Waals surface area contributed by atoms with E-state index in [1.807, 2.05) is 36.4 Å². The highest BCUT2D eigenvalue weighted by Gasteiger charge is 2.09. The molecule has 0 aliphatic rings. The van der Waals surface area contributed by atoms with Gasteiger partial charge in [-0.15, -0.1) is 11.8 Å². The van der Waals surface area contributed by atoms with Crippen LogP contribution in [0.5, 0.6) is 0 Å². The van der Waals surface area contributed by atoms with Gasteiger partial charge in [0.25, 0.3) is 0 Å². The molecule has 4 heteroatoms. The summed E-state index contributed by atoms with van der Waals surface area (Å²) >= 11 is 1.54. The highest BCUT2D eigenvalue weighted by molar-refractivity contribution is 7.98. The maximum absolute atomic E-state index is 11.2. The molecule has 3 rings (SSSR count). The fraction of sp³-hybridized carbons (Fsp3) is 0.0588. The van der Waals surface area contributed by atoms with Crippen molar-refractivity contribution in [1.29, 1.82) is 0 Å². The van der Waals surface area contributed by atoms with Crippen molar-refractivity contribution in [2.75, 3.05) is 0 Å². The number of carbonyl (C=O) groups is 1. The summed E-state index contributed by atoms with van der Waals surface area (Å²) in [5, 5.41) is 10.3. The monoisotopic (exact) mass is 295 g/mol. The predicted molar refractivity (Wildman–Crippen MR) is 84.7 cm³/mol. The number of hydrogen-bond acceptors (Lipinski definition) is 3. The van der Waals surface area contributed by atoms with Gasteiger partial charge in [0, 0.05) is 22.2 Å². The summed E-state index contributed by atoms with van der Waals surface area (Å²) < 4.78 is 0. The van der Waals surface area contributed by atoms with E-state index >= 15 is 0 Å². The van der Waals surface area contributed by atoms with Gasteiger partial charge in [-0.1, -0.05) is 24.3 Å². The normalized spacial score (nSPS) is 10.7. The van der Waals surface area contributed by atoms with Gasteiger partial charge >= 0.3 is 5.97 Å². The Morgan fingerprint density at radius 1 is 1.10 bits per heavy atom. The number of aromatic carboxylic acids is 1. The van der Waals surface area contributed by atoms with Gasteiger partial charge in [0.05, 0.1) is 11.1 Å². The number of benzene rings is 2. The Morgan fingerprint density at radius 3 is 2.81 bits per heavy atom. The van der Waals surface area contributed by atoms with Crippen molar-refractivity contribution < 1.29 is 9.90 Å². The summed E-state index contributed by atoms with van der Waals surface area (Å²) in [4.78, 5) is 16.3. The van der Waals surface area contributed by atoms with Crippen LogP contribution in [0.3, 0.4) is 0 Å². The minimum Gasteiger partial charge on any atom is -0.478 e. The maximum Gasteiger partial charge on any atom is 0.336 e. The van der Waals surface area contributed by atoms with Crippen molar-refractivity contribution in [1.82, 2.24) is 4.98 Å².